The molecule has 0 aromatic heterocycles. The lowest BCUT2D eigenvalue weighted by Gasteiger charge is -2.25. The molecule has 5 nitrogen and oxygen atoms in total. The van der Waals surface area contributed by atoms with E-state index >= 15 is 0 Å². The molecule has 8 heteroatoms. The minimum absolute atomic E-state index is 0.0342. The molecule has 0 saturated heterocycles. The van der Waals surface area contributed by atoms with Crippen molar-refractivity contribution < 1.29 is 14.0 Å². The lowest BCUT2D eigenvalue weighted by molar-refractivity contribution is -0.121. The molecule has 0 fully saturated rings. The molecule has 2 N–H and O–H groups in total. The summed E-state index contributed by atoms with van der Waals surface area (Å²) >= 11 is 4.48. The van der Waals surface area contributed by atoms with Crippen LogP contribution >= 0.6 is 27.7 Å². The van der Waals surface area contributed by atoms with Gasteiger partial charge in [-0.1, -0.05) is 39.8 Å². The Bertz CT molecular complexity index is 1030. The third-order valence-electron chi connectivity index (χ3n) is 4.44. The predicted molar refractivity (Wildman–Crippen MR) is 115 cm³/mol. The molecule has 0 radical (unpaired) electrons. The summed E-state index contributed by atoms with van der Waals surface area (Å²) in [4.78, 5) is 24.5. The first-order valence-corrected chi connectivity index (χ1v) is 10.5. The highest BCUT2D eigenvalue weighted by atomic mass is 79.9. The van der Waals surface area contributed by atoms with Crippen LogP contribution in [0, 0.1) is 24.1 Å². The minimum atomic E-state index is -0.464. The topological polar surface area (TPSA) is 82.0 Å². The Labute approximate surface area is 180 Å². The monoisotopic (exact) mass is 473 g/mol. The lowest BCUT2D eigenvalue weighted by Crippen LogP contribution is -2.31. The summed E-state index contributed by atoms with van der Waals surface area (Å²) in [5, 5.41) is 15.5. The minimum Gasteiger partial charge on any atom is -0.325 e. The van der Waals surface area contributed by atoms with Gasteiger partial charge in [-0.3, -0.25) is 9.59 Å². The zero-order valence-electron chi connectivity index (χ0n) is 15.5. The predicted octanol–water partition coefficient (Wildman–Crippen LogP) is 4.61. The third kappa shape index (κ3) is 5.25. The first-order chi connectivity index (χ1) is 13.9. The fourth-order valence-corrected chi connectivity index (χ4v) is 4.36. The van der Waals surface area contributed by atoms with Crippen molar-refractivity contribution in [2.75, 3.05) is 11.1 Å². The van der Waals surface area contributed by atoms with Crippen molar-refractivity contribution in [1.82, 2.24) is 5.32 Å². The van der Waals surface area contributed by atoms with E-state index in [9.17, 15) is 19.2 Å². The molecular weight excluding hydrogens is 457 g/mol. The molecule has 148 valence electrons. The van der Waals surface area contributed by atoms with Crippen LogP contribution in [0.4, 0.5) is 10.1 Å². The number of rotatable bonds is 5. The molecular formula is C21H17BrFN3O2S. The number of aryl methyl sites for hydroxylation is 1. The quantitative estimate of drug-likeness (QED) is 0.664. The molecule has 29 heavy (non-hydrogen) atoms. The molecule has 2 aromatic rings. The number of nitrogens with zero attached hydrogens (tertiary/aromatic N) is 1. The second-order valence-corrected chi connectivity index (χ2v) is 8.41. The number of hydrogen-bond donors (Lipinski definition) is 2. The summed E-state index contributed by atoms with van der Waals surface area (Å²) in [6.45, 7) is 1.89. The molecule has 0 saturated carbocycles. The number of hydrogen-bond acceptors (Lipinski definition) is 4. The Morgan fingerprint density at radius 3 is 2.72 bits per heavy atom. The van der Waals surface area contributed by atoms with Crippen LogP contribution in [0.1, 0.15) is 23.5 Å². The van der Waals surface area contributed by atoms with E-state index in [4.69, 9.17) is 0 Å². The van der Waals surface area contributed by atoms with Crippen molar-refractivity contribution in [3.8, 4) is 6.07 Å². The SMILES string of the molecule is Cc1cc(Br)ccc1NC(=O)CSC1=C(C#N)[C@@H](c2ccc(F)cc2)CC(=O)N1. The maximum absolute atomic E-state index is 13.2. The van der Waals surface area contributed by atoms with Gasteiger partial charge in [-0.2, -0.15) is 5.26 Å². The molecule has 1 heterocycles. The standard InChI is InChI=1S/C21H17BrFN3O2S/c1-12-8-14(22)4-7-18(12)25-20(28)11-29-21-17(10-24)16(9-19(27)26-21)13-2-5-15(23)6-3-13/h2-8,16H,9,11H2,1H3,(H,25,28)(H,26,27)/t16-/m1/s1. The first-order valence-electron chi connectivity index (χ1n) is 8.75. The highest BCUT2D eigenvalue weighted by Gasteiger charge is 2.29. The maximum atomic E-state index is 13.2. The number of allylic oxidation sites excluding steroid dienone is 1. The molecule has 2 aromatic carbocycles. The number of amides is 2. The molecule has 1 aliphatic heterocycles. The van der Waals surface area contributed by atoms with E-state index in [1.807, 2.05) is 19.1 Å². The van der Waals surface area contributed by atoms with Crippen molar-refractivity contribution >= 4 is 45.2 Å². The molecule has 0 unspecified atom stereocenters. The van der Waals surface area contributed by atoms with Gasteiger partial charge in [-0.05, 0) is 48.4 Å². The van der Waals surface area contributed by atoms with Gasteiger partial charge in [-0.25, -0.2) is 4.39 Å². The molecule has 2 amide bonds. The Morgan fingerprint density at radius 1 is 1.34 bits per heavy atom. The average molecular weight is 474 g/mol. The van der Waals surface area contributed by atoms with Gasteiger partial charge in [0.25, 0.3) is 0 Å². The summed E-state index contributed by atoms with van der Waals surface area (Å²) < 4.78 is 14.1. The zero-order chi connectivity index (χ0) is 21.0. The van der Waals surface area contributed by atoms with Crippen LogP contribution in [0.2, 0.25) is 0 Å². The van der Waals surface area contributed by atoms with Crippen LogP contribution in [0.5, 0.6) is 0 Å². The first kappa shape index (κ1) is 21.1. The normalized spacial score (nSPS) is 16.2. The number of anilines is 1. The zero-order valence-corrected chi connectivity index (χ0v) is 17.9. The molecule has 1 atom stereocenters. The molecule has 3 rings (SSSR count). The molecule has 0 bridgehead atoms. The van der Waals surface area contributed by atoms with Gasteiger partial charge in [-0.15, -0.1) is 0 Å². The summed E-state index contributed by atoms with van der Waals surface area (Å²) in [6, 6.07) is 13.4. The number of carbonyl (C=O) groups is 2. The Balaban J connectivity index is 1.75. The fraction of sp³-hybridized carbons (Fsp3) is 0.190. The summed E-state index contributed by atoms with van der Waals surface area (Å²) in [7, 11) is 0. The van der Waals surface area contributed by atoms with E-state index in [0.29, 0.717) is 21.9 Å². The van der Waals surface area contributed by atoms with Gasteiger partial charge in [0, 0.05) is 22.5 Å². The second kappa shape index (κ2) is 9.25. The highest BCUT2D eigenvalue weighted by molar-refractivity contribution is 9.10. The van der Waals surface area contributed by atoms with E-state index in [0.717, 1.165) is 21.8 Å². The number of nitriles is 1. The van der Waals surface area contributed by atoms with E-state index in [2.05, 4.69) is 32.6 Å². The largest absolute Gasteiger partial charge is 0.325 e. The van der Waals surface area contributed by atoms with Crippen molar-refractivity contribution in [2.24, 2.45) is 0 Å². The van der Waals surface area contributed by atoms with Crippen LogP contribution in [-0.2, 0) is 9.59 Å². The Morgan fingerprint density at radius 2 is 2.07 bits per heavy atom. The lowest BCUT2D eigenvalue weighted by atomic mass is 9.87. The molecule has 1 aliphatic rings. The summed E-state index contributed by atoms with van der Waals surface area (Å²) in [5.41, 5.74) is 2.67. The van der Waals surface area contributed by atoms with Crippen LogP contribution in [0.25, 0.3) is 0 Å². The van der Waals surface area contributed by atoms with Crippen molar-refractivity contribution in [3.05, 3.63) is 74.5 Å². The van der Waals surface area contributed by atoms with Crippen LogP contribution < -0.4 is 10.6 Å². The van der Waals surface area contributed by atoms with E-state index < -0.39 is 5.92 Å². The van der Waals surface area contributed by atoms with Gasteiger partial charge in [0.05, 0.1) is 22.4 Å². The van der Waals surface area contributed by atoms with Gasteiger partial charge >= 0.3 is 0 Å². The van der Waals surface area contributed by atoms with Gasteiger partial charge in [0.15, 0.2) is 0 Å². The number of thioether (sulfide) groups is 1. The smallest absolute Gasteiger partial charge is 0.234 e. The molecule has 0 spiro atoms. The Hall–Kier alpha value is -2.63. The summed E-state index contributed by atoms with van der Waals surface area (Å²) in [6.07, 6.45) is 0.100. The van der Waals surface area contributed by atoms with E-state index in [1.54, 1.807) is 18.2 Å². The van der Waals surface area contributed by atoms with Crippen LogP contribution in [0.3, 0.4) is 0 Å². The highest BCUT2D eigenvalue weighted by Crippen LogP contribution is 2.36. The number of nitrogens with one attached hydrogen (secondary N) is 2. The number of carbonyl (C=O) groups excluding carboxylic acids is 2. The Kier molecular flexibility index (Phi) is 6.72. The van der Waals surface area contributed by atoms with Crippen LogP contribution in [0.15, 0.2) is 57.5 Å². The average Bonchev–Trinajstić information content (AvgIpc) is 2.68. The second-order valence-electron chi connectivity index (χ2n) is 6.51. The van der Waals surface area contributed by atoms with E-state index in [-0.39, 0.29) is 29.8 Å². The van der Waals surface area contributed by atoms with Gasteiger partial charge in [0.2, 0.25) is 11.8 Å². The van der Waals surface area contributed by atoms with Gasteiger partial charge < -0.3 is 10.6 Å². The van der Waals surface area contributed by atoms with Crippen molar-refractivity contribution in [2.45, 2.75) is 19.3 Å². The third-order valence-corrected chi connectivity index (χ3v) is 5.95. The number of benzene rings is 2. The summed E-state index contributed by atoms with van der Waals surface area (Å²) in [5.74, 6) is -1.31. The molecule has 0 aliphatic carbocycles. The van der Waals surface area contributed by atoms with Crippen molar-refractivity contribution in [3.63, 3.8) is 0 Å². The van der Waals surface area contributed by atoms with E-state index in [1.165, 1.54) is 12.1 Å². The van der Waals surface area contributed by atoms with Gasteiger partial charge in [0.1, 0.15) is 5.82 Å². The fourth-order valence-electron chi connectivity index (χ4n) is 3.00. The number of halogens is 2. The van der Waals surface area contributed by atoms with Crippen molar-refractivity contribution in [1.29, 1.82) is 5.26 Å². The van der Waals surface area contributed by atoms with Crippen LogP contribution in [-0.4, -0.2) is 17.6 Å². The maximum Gasteiger partial charge on any atom is 0.234 e.